The molecule has 1 aromatic heterocycles. The van der Waals surface area contributed by atoms with Gasteiger partial charge in [-0.25, -0.2) is 4.68 Å². The fraction of sp³-hybridized carbons (Fsp3) is 0.133. The van der Waals surface area contributed by atoms with Gasteiger partial charge in [0.05, 0.1) is 11.4 Å². The first-order valence-corrected chi connectivity index (χ1v) is 6.34. The fourth-order valence-corrected chi connectivity index (χ4v) is 1.81. The molecule has 2 aromatic rings. The van der Waals surface area contributed by atoms with Crippen LogP contribution in [-0.4, -0.2) is 15.5 Å². The molecule has 7 heteroatoms. The molecular weight excluding hydrogens is 280 g/mol. The number of aromatic nitrogens is 2. The van der Waals surface area contributed by atoms with Crippen molar-refractivity contribution in [2.75, 3.05) is 5.43 Å². The van der Waals surface area contributed by atoms with E-state index in [4.69, 9.17) is 10.5 Å². The van der Waals surface area contributed by atoms with Crippen molar-refractivity contribution in [2.24, 2.45) is 12.1 Å². The van der Waals surface area contributed by atoms with Crippen molar-refractivity contribution in [3.8, 4) is 23.4 Å². The first-order valence-electron chi connectivity index (χ1n) is 6.34. The lowest BCUT2D eigenvalue weighted by Gasteiger charge is -2.06. The molecule has 0 fully saturated rings. The molecule has 2 rings (SSSR count). The van der Waals surface area contributed by atoms with Crippen LogP contribution in [0.25, 0.3) is 11.3 Å². The molecule has 1 heterocycles. The van der Waals surface area contributed by atoms with E-state index < -0.39 is 0 Å². The zero-order chi connectivity index (χ0) is 16.1. The van der Waals surface area contributed by atoms with E-state index in [2.05, 4.69) is 15.6 Å². The third-order valence-electron chi connectivity index (χ3n) is 2.93. The van der Waals surface area contributed by atoms with Gasteiger partial charge in [0, 0.05) is 18.2 Å². The van der Waals surface area contributed by atoms with Crippen LogP contribution in [0.15, 0.2) is 40.2 Å². The summed E-state index contributed by atoms with van der Waals surface area (Å²) in [7, 11) is 1.61. The summed E-state index contributed by atoms with van der Waals surface area (Å²) in [5.41, 5.74) is 5.02. The molecule has 0 aliphatic carbocycles. The van der Waals surface area contributed by atoms with Gasteiger partial charge in [0.15, 0.2) is 0 Å². The molecule has 1 aromatic carbocycles. The average Bonchev–Trinajstić information content (AvgIpc) is 2.53. The highest BCUT2D eigenvalue weighted by atomic mass is 16.1. The van der Waals surface area contributed by atoms with Crippen LogP contribution in [0.1, 0.15) is 5.56 Å². The van der Waals surface area contributed by atoms with E-state index in [-0.39, 0.29) is 11.3 Å². The van der Waals surface area contributed by atoms with Crippen molar-refractivity contribution in [1.29, 1.82) is 10.5 Å². The molecule has 0 aliphatic heterocycles. The number of hydrogen-bond acceptors (Lipinski definition) is 6. The SMILES string of the molecule is Cc1cc(-c2ccc(NN=C(C#N)C#N)cc2)nn(C)c1=O. The summed E-state index contributed by atoms with van der Waals surface area (Å²) < 4.78 is 1.30. The lowest BCUT2D eigenvalue weighted by Crippen LogP contribution is -2.21. The van der Waals surface area contributed by atoms with Crippen LogP contribution >= 0.6 is 0 Å². The summed E-state index contributed by atoms with van der Waals surface area (Å²) in [6, 6.07) is 12.2. The number of benzene rings is 1. The molecule has 0 aliphatic rings. The van der Waals surface area contributed by atoms with Gasteiger partial charge >= 0.3 is 0 Å². The van der Waals surface area contributed by atoms with Crippen LogP contribution < -0.4 is 11.0 Å². The van der Waals surface area contributed by atoms with E-state index >= 15 is 0 Å². The smallest absolute Gasteiger partial charge is 0.269 e. The first-order chi connectivity index (χ1) is 10.5. The minimum Gasteiger partial charge on any atom is -0.277 e. The number of hydrogen-bond donors (Lipinski definition) is 1. The number of aryl methyl sites for hydroxylation is 2. The van der Waals surface area contributed by atoms with Crippen LogP contribution in [0.4, 0.5) is 5.69 Å². The number of anilines is 1. The van der Waals surface area contributed by atoms with E-state index in [1.54, 1.807) is 44.3 Å². The quantitative estimate of drug-likeness (QED) is 0.682. The van der Waals surface area contributed by atoms with E-state index in [9.17, 15) is 4.79 Å². The Hall–Kier alpha value is -3.45. The molecule has 0 unspecified atom stereocenters. The molecule has 0 radical (unpaired) electrons. The van der Waals surface area contributed by atoms with E-state index in [1.165, 1.54) is 4.68 Å². The predicted octanol–water partition coefficient (Wildman–Crippen LogP) is 1.57. The van der Waals surface area contributed by atoms with Crippen LogP contribution in [0.5, 0.6) is 0 Å². The highest BCUT2D eigenvalue weighted by Gasteiger charge is 2.05. The highest BCUT2D eigenvalue weighted by molar-refractivity contribution is 6.10. The van der Waals surface area contributed by atoms with Gasteiger partial charge in [-0.05, 0) is 25.1 Å². The van der Waals surface area contributed by atoms with Crippen LogP contribution in [0.2, 0.25) is 0 Å². The zero-order valence-corrected chi connectivity index (χ0v) is 12.0. The molecule has 0 saturated carbocycles. The lowest BCUT2D eigenvalue weighted by atomic mass is 10.1. The van der Waals surface area contributed by atoms with Gasteiger partial charge in [-0.3, -0.25) is 10.2 Å². The molecule has 1 N–H and O–H groups in total. The van der Waals surface area contributed by atoms with Crippen molar-refractivity contribution >= 4 is 11.4 Å². The zero-order valence-electron chi connectivity index (χ0n) is 12.0. The summed E-state index contributed by atoms with van der Waals surface area (Å²) in [5, 5.41) is 25.0. The number of nitriles is 2. The van der Waals surface area contributed by atoms with Gasteiger partial charge < -0.3 is 0 Å². The highest BCUT2D eigenvalue weighted by Crippen LogP contribution is 2.19. The lowest BCUT2D eigenvalue weighted by molar-refractivity contribution is 0.705. The maximum Gasteiger partial charge on any atom is 0.269 e. The molecule has 0 atom stereocenters. The molecular formula is C15H12N6O. The Balaban J connectivity index is 2.27. The second-order valence-electron chi connectivity index (χ2n) is 4.51. The summed E-state index contributed by atoms with van der Waals surface area (Å²) in [5.74, 6) is 0. The molecule has 108 valence electrons. The normalized spacial score (nSPS) is 9.45. The van der Waals surface area contributed by atoms with Crippen LogP contribution in [0.3, 0.4) is 0 Å². The van der Waals surface area contributed by atoms with Gasteiger partial charge in [0.1, 0.15) is 12.1 Å². The van der Waals surface area contributed by atoms with Crippen LogP contribution in [-0.2, 0) is 7.05 Å². The Labute approximate surface area is 126 Å². The molecule has 0 spiro atoms. The predicted molar refractivity (Wildman–Crippen MR) is 81.9 cm³/mol. The van der Waals surface area contributed by atoms with E-state index in [0.717, 1.165) is 5.56 Å². The largest absolute Gasteiger partial charge is 0.277 e. The monoisotopic (exact) mass is 292 g/mol. The van der Waals surface area contributed by atoms with Crippen molar-refractivity contribution in [3.63, 3.8) is 0 Å². The Morgan fingerprint density at radius 2 is 1.91 bits per heavy atom. The van der Waals surface area contributed by atoms with Crippen molar-refractivity contribution in [1.82, 2.24) is 9.78 Å². The maximum atomic E-state index is 11.6. The summed E-state index contributed by atoms with van der Waals surface area (Å²) in [6.07, 6.45) is 0. The first kappa shape index (κ1) is 14.9. The Bertz CT molecular complexity index is 823. The fourth-order valence-electron chi connectivity index (χ4n) is 1.81. The third kappa shape index (κ3) is 3.17. The topological polar surface area (TPSA) is 107 Å². The molecule has 7 nitrogen and oxygen atoms in total. The minimum absolute atomic E-state index is 0.128. The van der Waals surface area contributed by atoms with Crippen molar-refractivity contribution < 1.29 is 0 Å². The Morgan fingerprint density at radius 3 is 2.45 bits per heavy atom. The Morgan fingerprint density at radius 1 is 1.27 bits per heavy atom. The van der Waals surface area contributed by atoms with Gasteiger partial charge in [0.2, 0.25) is 5.71 Å². The molecule has 0 saturated heterocycles. The van der Waals surface area contributed by atoms with Crippen molar-refractivity contribution in [3.05, 3.63) is 46.2 Å². The van der Waals surface area contributed by atoms with Crippen molar-refractivity contribution in [2.45, 2.75) is 6.92 Å². The van der Waals surface area contributed by atoms with E-state index in [1.807, 2.05) is 12.1 Å². The number of hydrazone groups is 1. The summed E-state index contributed by atoms with van der Waals surface area (Å²) in [4.78, 5) is 11.6. The second-order valence-corrected chi connectivity index (χ2v) is 4.51. The number of nitrogens with one attached hydrogen (secondary N) is 1. The van der Waals surface area contributed by atoms with Gasteiger partial charge in [0.25, 0.3) is 5.56 Å². The van der Waals surface area contributed by atoms with Gasteiger partial charge in [-0.15, -0.1) is 0 Å². The third-order valence-corrected chi connectivity index (χ3v) is 2.93. The second kappa shape index (κ2) is 6.33. The molecule has 22 heavy (non-hydrogen) atoms. The number of rotatable bonds is 3. The number of nitrogens with zero attached hydrogens (tertiary/aromatic N) is 5. The van der Waals surface area contributed by atoms with E-state index in [0.29, 0.717) is 16.9 Å². The molecule has 0 amide bonds. The molecule has 0 bridgehead atoms. The van der Waals surface area contributed by atoms with Gasteiger partial charge in [-0.2, -0.15) is 20.7 Å². The minimum atomic E-state index is -0.251. The van der Waals surface area contributed by atoms with Crippen LogP contribution in [0, 0.1) is 29.6 Å². The summed E-state index contributed by atoms with van der Waals surface area (Å²) >= 11 is 0. The maximum absolute atomic E-state index is 11.6. The standard InChI is InChI=1S/C15H12N6O/c1-10-7-14(20-21(2)15(10)22)11-3-5-12(6-4-11)18-19-13(8-16)9-17/h3-7,18H,1-2H3. The average molecular weight is 292 g/mol. The summed E-state index contributed by atoms with van der Waals surface area (Å²) in [6.45, 7) is 1.74. The Kier molecular flexibility index (Phi) is 4.30. The van der Waals surface area contributed by atoms with Gasteiger partial charge in [-0.1, -0.05) is 12.1 Å².